The number of likely N-dealkylation sites (N-methyl/N-ethyl adjacent to an activating group) is 1. The van der Waals surface area contributed by atoms with Crippen molar-refractivity contribution in [3.05, 3.63) is 65.2 Å². The normalized spacial score (nSPS) is 11.7. The Labute approximate surface area is 163 Å². The van der Waals surface area contributed by atoms with Crippen LogP contribution in [-0.4, -0.2) is 42.1 Å². The highest BCUT2D eigenvalue weighted by Crippen LogP contribution is 2.21. The number of thioether (sulfide) groups is 1. The fraction of sp³-hybridized carbons (Fsp3) is 0.300. The van der Waals surface area contributed by atoms with Gasteiger partial charge in [-0.15, -0.1) is 11.8 Å². The van der Waals surface area contributed by atoms with Gasteiger partial charge in [0.05, 0.1) is 5.75 Å². The number of rotatable bonds is 8. The average molecular weight is 391 g/mol. The first-order chi connectivity index (χ1) is 12.5. The standard InChI is InChI=1S/C20H23ClN2O2S/c1-15(20(25)22-2)23(13-12-16-6-4-3-5-7-16)19(24)14-26-18-10-8-17(21)9-11-18/h3-11,15H,12-14H2,1-2H3,(H,22,25). The summed E-state index contributed by atoms with van der Waals surface area (Å²) in [7, 11) is 1.58. The topological polar surface area (TPSA) is 49.4 Å². The van der Waals surface area contributed by atoms with E-state index in [0.717, 1.165) is 10.5 Å². The molecule has 138 valence electrons. The Balaban J connectivity index is 2.02. The molecular weight excluding hydrogens is 368 g/mol. The molecule has 2 aromatic carbocycles. The molecule has 0 bridgehead atoms. The fourth-order valence-corrected chi connectivity index (χ4v) is 3.45. The molecule has 1 atom stereocenters. The predicted octanol–water partition coefficient (Wildman–Crippen LogP) is 3.64. The van der Waals surface area contributed by atoms with Crippen molar-refractivity contribution in [1.29, 1.82) is 0 Å². The zero-order valence-corrected chi connectivity index (χ0v) is 16.5. The average Bonchev–Trinajstić information content (AvgIpc) is 2.67. The molecule has 0 aliphatic carbocycles. The van der Waals surface area contributed by atoms with Gasteiger partial charge >= 0.3 is 0 Å². The SMILES string of the molecule is CNC(=O)C(C)N(CCc1ccccc1)C(=O)CSc1ccc(Cl)cc1. The maximum absolute atomic E-state index is 12.8. The fourth-order valence-electron chi connectivity index (χ4n) is 2.54. The summed E-state index contributed by atoms with van der Waals surface area (Å²) in [6.07, 6.45) is 0.708. The van der Waals surface area contributed by atoms with Gasteiger partial charge in [-0.1, -0.05) is 41.9 Å². The Hall–Kier alpha value is -1.98. The quantitative estimate of drug-likeness (QED) is 0.700. The van der Waals surface area contributed by atoms with Gasteiger partial charge in [0.2, 0.25) is 11.8 Å². The second kappa shape index (κ2) is 10.2. The molecule has 0 aliphatic heterocycles. The molecule has 2 rings (SSSR count). The molecule has 0 fully saturated rings. The molecule has 2 aromatic rings. The summed E-state index contributed by atoms with van der Waals surface area (Å²) in [6, 6.07) is 16.8. The van der Waals surface area contributed by atoms with E-state index >= 15 is 0 Å². The second-order valence-electron chi connectivity index (χ2n) is 5.86. The largest absolute Gasteiger partial charge is 0.357 e. The summed E-state index contributed by atoms with van der Waals surface area (Å²) in [5.74, 6) is 0.0532. The highest BCUT2D eigenvalue weighted by Gasteiger charge is 2.24. The van der Waals surface area contributed by atoms with Crippen molar-refractivity contribution in [2.45, 2.75) is 24.3 Å². The minimum atomic E-state index is -0.512. The van der Waals surface area contributed by atoms with Gasteiger partial charge < -0.3 is 10.2 Å². The van der Waals surface area contributed by atoms with Crippen LogP contribution in [0.1, 0.15) is 12.5 Å². The molecular formula is C20H23ClN2O2S. The van der Waals surface area contributed by atoms with Crippen molar-refractivity contribution in [2.24, 2.45) is 0 Å². The Morgan fingerprint density at radius 3 is 2.38 bits per heavy atom. The predicted molar refractivity (Wildman–Crippen MR) is 108 cm³/mol. The van der Waals surface area contributed by atoms with Crippen LogP contribution in [0.5, 0.6) is 0 Å². The van der Waals surface area contributed by atoms with E-state index in [1.54, 1.807) is 31.0 Å². The number of halogens is 1. The molecule has 0 aromatic heterocycles. The second-order valence-corrected chi connectivity index (χ2v) is 7.34. The van der Waals surface area contributed by atoms with Crippen LogP contribution in [0.2, 0.25) is 5.02 Å². The third kappa shape index (κ3) is 6.07. The summed E-state index contributed by atoms with van der Waals surface area (Å²) in [5.41, 5.74) is 1.14. The minimum Gasteiger partial charge on any atom is -0.357 e. The van der Waals surface area contributed by atoms with Crippen LogP contribution in [-0.2, 0) is 16.0 Å². The first kappa shape index (κ1) is 20.3. The summed E-state index contributed by atoms with van der Waals surface area (Å²) in [5, 5.41) is 3.29. The lowest BCUT2D eigenvalue weighted by Gasteiger charge is -2.28. The van der Waals surface area contributed by atoms with E-state index in [0.29, 0.717) is 18.0 Å². The smallest absolute Gasteiger partial charge is 0.242 e. The first-order valence-corrected chi connectivity index (χ1v) is 9.81. The van der Waals surface area contributed by atoms with E-state index in [9.17, 15) is 9.59 Å². The van der Waals surface area contributed by atoms with Gasteiger partial charge in [-0.3, -0.25) is 9.59 Å². The highest BCUT2D eigenvalue weighted by molar-refractivity contribution is 8.00. The Morgan fingerprint density at radius 1 is 1.12 bits per heavy atom. The Bertz CT molecular complexity index is 722. The van der Waals surface area contributed by atoms with Gasteiger partial charge in [0, 0.05) is 23.5 Å². The number of nitrogens with zero attached hydrogens (tertiary/aromatic N) is 1. The van der Waals surface area contributed by atoms with E-state index < -0.39 is 6.04 Å². The van der Waals surface area contributed by atoms with Gasteiger partial charge in [0.15, 0.2) is 0 Å². The van der Waals surface area contributed by atoms with E-state index in [2.05, 4.69) is 5.32 Å². The van der Waals surface area contributed by atoms with Gasteiger partial charge in [-0.2, -0.15) is 0 Å². The number of carbonyl (C=O) groups excluding carboxylic acids is 2. The molecule has 0 saturated heterocycles. The van der Waals surface area contributed by atoms with Crippen molar-refractivity contribution >= 4 is 35.2 Å². The molecule has 0 radical (unpaired) electrons. The molecule has 6 heteroatoms. The number of hydrogen-bond donors (Lipinski definition) is 1. The number of amides is 2. The van der Waals surface area contributed by atoms with Crippen LogP contribution in [0.25, 0.3) is 0 Å². The Morgan fingerprint density at radius 2 is 1.77 bits per heavy atom. The summed E-state index contributed by atoms with van der Waals surface area (Å²) in [4.78, 5) is 27.4. The third-order valence-electron chi connectivity index (χ3n) is 4.07. The summed E-state index contributed by atoms with van der Waals surface area (Å²) in [6.45, 7) is 2.26. The van der Waals surface area contributed by atoms with Crippen LogP contribution in [0.4, 0.5) is 0 Å². The zero-order chi connectivity index (χ0) is 18.9. The molecule has 4 nitrogen and oxygen atoms in total. The highest BCUT2D eigenvalue weighted by atomic mass is 35.5. The minimum absolute atomic E-state index is 0.0584. The van der Waals surface area contributed by atoms with Crippen LogP contribution in [0.15, 0.2) is 59.5 Å². The van der Waals surface area contributed by atoms with Gasteiger partial charge in [-0.25, -0.2) is 0 Å². The van der Waals surface area contributed by atoms with E-state index in [-0.39, 0.29) is 17.6 Å². The van der Waals surface area contributed by atoms with E-state index in [4.69, 9.17) is 11.6 Å². The maximum atomic E-state index is 12.8. The van der Waals surface area contributed by atoms with Gasteiger partial charge in [0.1, 0.15) is 6.04 Å². The van der Waals surface area contributed by atoms with Crippen molar-refractivity contribution in [1.82, 2.24) is 10.2 Å². The first-order valence-electron chi connectivity index (χ1n) is 8.44. The van der Waals surface area contributed by atoms with Crippen LogP contribution in [0, 0.1) is 0 Å². The summed E-state index contributed by atoms with van der Waals surface area (Å²) >= 11 is 7.33. The van der Waals surface area contributed by atoms with Crippen molar-refractivity contribution < 1.29 is 9.59 Å². The third-order valence-corrected chi connectivity index (χ3v) is 5.32. The lowest BCUT2D eigenvalue weighted by Crippen LogP contribution is -2.48. The molecule has 1 unspecified atom stereocenters. The number of carbonyl (C=O) groups is 2. The van der Waals surface area contributed by atoms with Crippen molar-refractivity contribution in [3.8, 4) is 0 Å². The lowest BCUT2D eigenvalue weighted by molar-refractivity contribution is -0.137. The molecule has 1 N–H and O–H groups in total. The zero-order valence-electron chi connectivity index (χ0n) is 14.9. The van der Waals surface area contributed by atoms with Gasteiger partial charge in [-0.05, 0) is 43.2 Å². The number of hydrogen-bond acceptors (Lipinski definition) is 3. The van der Waals surface area contributed by atoms with Crippen LogP contribution < -0.4 is 5.32 Å². The van der Waals surface area contributed by atoms with Crippen LogP contribution in [0.3, 0.4) is 0 Å². The van der Waals surface area contributed by atoms with Crippen LogP contribution >= 0.6 is 23.4 Å². The number of benzene rings is 2. The van der Waals surface area contributed by atoms with E-state index in [1.165, 1.54) is 11.8 Å². The monoisotopic (exact) mass is 390 g/mol. The molecule has 0 aliphatic rings. The van der Waals surface area contributed by atoms with E-state index in [1.807, 2.05) is 42.5 Å². The maximum Gasteiger partial charge on any atom is 0.242 e. The van der Waals surface area contributed by atoms with Crippen molar-refractivity contribution in [2.75, 3.05) is 19.3 Å². The lowest BCUT2D eigenvalue weighted by atomic mass is 10.1. The summed E-state index contributed by atoms with van der Waals surface area (Å²) < 4.78 is 0. The van der Waals surface area contributed by atoms with Gasteiger partial charge in [0.25, 0.3) is 0 Å². The number of nitrogens with one attached hydrogen (secondary N) is 1. The molecule has 0 saturated carbocycles. The van der Waals surface area contributed by atoms with Crippen molar-refractivity contribution in [3.63, 3.8) is 0 Å². The Kier molecular flexibility index (Phi) is 8.01. The molecule has 26 heavy (non-hydrogen) atoms. The molecule has 0 heterocycles. The molecule has 2 amide bonds. The molecule has 0 spiro atoms.